The second kappa shape index (κ2) is 11.3. The molecule has 1 unspecified atom stereocenters. The Morgan fingerprint density at radius 3 is 2.41 bits per heavy atom. The van der Waals surface area contributed by atoms with Gasteiger partial charge in [0.15, 0.2) is 5.69 Å². The second-order valence-electron chi connectivity index (χ2n) is 10.4. The molecular formula is C29H32N6O2. The second-order valence-corrected chi connectivity index (χ2v) is 10.4. The molecule has 37 heavy (non-hydrogen) atoms. The number of hydrogen-bond acceptors (Lipinski definition) is 6. The summed E-state index contributed by atoms with van der Waals surface area (Å²) in [5.74, 6) is -0.822. The first-order valence-electron chi connectivity index (χ1n) is 12.6. The number of hydrogen-bond donors (Lipinski definition) is 1. The number of carbonyl (C=O) groups is 2. The van der Waals surface area contributed by atoms with Crippen LogP contribution in [-0.2, 0) is 10.2 Å². The van der Waals surface area contributed by atoms with E-state index in [1.54, 1.807) is 24.5 Å². The van der Waals surface area contributed by atoms with Crippen molar-refractivity contribution < 1.29 is 9.59 Å². The Balaban J connectivity index is 1.84. The number of carbonyl (C=O) groups excluding carboxylic acids is 2. The van der Waals surface area contributed by atoms with E-state index in [9.17, 15) is 14.9 Å². The van der Waals surface area contributed by atoms with Crippen molar-refractivity contribution >= 4 is 17.5 Å². The van der Waals surface area contributed by atoms with E-state index in [0.717, 1.165) is 37.7 Å². The molecule has 1 N–H and O–H groups in total. The third kappa shape index (κ3) is 6.00. The van der Waals surface area contributed by atoms with Gasteiger partial charge in [0.05, 0.1) is 5.56 Å². The maximum absolute atomic E-state index is 14.1. The highest BCUT2D eigenvalue weighted by molar-refractivity contribution is 6.11. The summed E-state index contributed by atoms with van der Waals surface area (Å²) in [6, 6.07) is 12.1. The molecule has 0 spiro atoms. The average molecular weight is 497 g/mol. The zero-order chi connectivity index (χ0) is 26.4. The van der Waals surface area contributed by atoms with E-state index in [1.165, 1.54) is 17.4 Å². The van der Waals surface area contributed by atoms with Crippen LogP contribution in [-0.4, -0.2) is 32.8 Å². The van der Waals surface area contributed by atoms with Gasteiger partial charge in [0.25, 0.3) is 5.91 Å². The summed E-state index contributed by atoms with van der Waals surface area (Å²) in [5.41, 5.74) is 2.08. The average Bonchev–Trinajstić information content (AvgIpc) is 2.92. The third-order valence-corrected chi connectivity index (χ3v) is 6.74. The zero-order valence-corrected chi connectivity index (χ0v) is 21.5. The van der Waals surface area contributed by atoms with Crippen LogP contribution in [0.4, 0.5) is 5.69 Å². The number of pyridine rings is 1. The molecule has 0 saturated heterocycles. The molecule has 1 saturated carbocycles. The van der Waals surface area contributed by atoms with Crippen molar-refractivity contribution in [1.82, 2.24) is 20.3 Å². The normalized spacial score (nSPS) is 14.9. The minimum atomic E-state index is -1.00. The molecule has 1 atom stereocenters. The number of rotatable bonds is 6. The molecule has 8 nitrogen and oxygen atoms in total. The fourth-order valence-electron chi connectivity index (χ4n) is 4.69. The predicted octanol–water partition coefficient (Wildman–Crippen LogP) is 4.88. The molecule has 2 amide bonds. The molecule has 2 heterocycles. The van der Waals surface area contributed by atoms with Crippen LogP contribution in [0.5, 0.6) is 0 Å². The van der Waals surface area contributed by atoms with Crippen molar-refractivity contribution in [2.75, 3.05) is 4.90 Å². The van der Waals surface area contributed by atoms with Crippen LogP contribution in [0.1, 0.15) is 86.1 Å². The van der Waals surface area contributed by atoms with Crippen LogP contribution in [0.25, 0.3) is 0 Å². The summed E-state index contributed by atoms with van der Waals surface area (Å²) in [7, 11) is 0. The number of amides is 2. The molecular weight excluding hydrogens is 464 g/mol. The molecule has 1 aromatic carbocycles. The van der Waals surface area contributed by atoms with Gasteiger partial charge in [0, 0.05) is 35.9 Å². The van der Waals surface area contributed by atoms with E-state index in [4.69, 9.17) is 0 Å². The summed E-state index contributed by atoms with van der Waals surface area (Å²) >= 11 is 0. The number of anilines is 1. The minimum Gasteiger partial charge on any atom is -0.351 e. The summed E-state index contributed by atoms with van der Waals surface area (Å²) in [5, 5.41) is 12.8. The highest BCUT2D eigenvalue weighted by atomic mass is 16.2. The number of nitriles is 1. The maximum Gasteiger partial charge on any atom is 0.263 e. The Kier molecular flexibility index (Phi) is 7.92. The molecule has 4 rings (SSSR count). The van der Waals surface area contributed by atoms with Crippen molar-refractivity contribution in [3.05, 3.63) is 83.7 Å². The maximum atomic E-state index is 14.1. The van der Waals surface area contributed by atoms with Gasteiger partial charge in [-0.05, 0) is 42.0 Å². The van der Waals surface area contributed by atoms with Gasteiger partial charge < -0.3 is 5.32 Å². The van der Waals surface area contributed by atoms with Crippen molar-refractivity contribution in [2.45, 2.75) is 70.4 Å². The lowest BCUT2D eigenvalue weighted by atomic mass is 9.87. The predicted molar refractivity (Wildman–Crippen MR) is 141 cm³/mol. The van der Waals surface area contributed by atoms with E-state index in [1.807, 2.05) is 30.3 Å². The van der Waals surface area contributed by atoms with Gasteiger partial charge in [0.1, 0.15) is 18.4 Å². The Labute approximate surface area is 217 Å². The van der Waals surface area contributed by atoms with Gasteiger partial charge >= 0.3 is 0 Å². The lowest BCUT2D eigenvalue weighted by Crippen LogP contribution is -2.47. The summed E-state index contributed by atoms with van der Waals surface area (Å²) < 4.78 is 0. The number of nitrogens with zero attached hydrogens (tertiary/aromatic N) is 5. The van der Waals surface area contributed by atoms with Crippen molar-refractivity contribution in [3.63, 3.8) is 0 Å². The van der Waals surface area contributed by atoms with Crippen LogP contribution in [0.2, 0.25) is 0 Å². The van der Waals surface area contributed by atoms with Gasteiger partial charge in [-0.2, -0.15) is 5.26 Å². The molecule has 1 fully saturated rings. The number of benzene rings is 1. The topological polar surface area (TPSA) is 112 Å². The largest absolute Gasteiger partial charge is 0.351 e. The summed E-state index contributed by atoms with van der Waals surface area (Å²) in [4.78, 5) is 41.6. The minimum absolute atomic E-state index is 0.0317. The molecule has 0 bridgehead atoms. The Bertz CT molecular complexity index is 1270. The third-order valence-electron chi connectivity index (χ3n) is 6.74. The van der Waals surface area contributed by atoms with Crippen molar-refractivity contribution in [2.24, 2.45) is 0 Å². The standard InChI is InChI=1S/C29H32N6O2/c1-29(2,3)21-11-13-23(14-12-21)35(28(37)24-18-32-19-33-25(24)16-30)26(20-8-7-15-31-17-20)27(36)34-22-9-5-4-6-10-22/h7-8,11-15,17-19,22,26H,4-6,9-10H2,1-3H3,(H,34,36). The lowest BCUT2D eigenvalue weighted by Gasteiger charge is -2.33. The Morgan fingerprint density at radius 2 is 1.78 bits per heavy atom. The van der Waals surface area contributed by atoms with E-state index >= 15 is 0 Å². The number of nitrogens with one attached hydrogen (secondary N) is 1. The highest BCUT2D eigenvalue weighted by Gasteiger charge is 2.36. The molecule has 1 aliphatic rings. The van der Waals surface area contributed by atoms with E-state index in [-0.39, 0.29) is 28.6 Å². The molecule has 2 aromatic heterocycles. The van der Waals surface area contributed by atoms with Gasteiger partial charge in [-0.15, -0.1) is 0 Å². The first-order chi connectivity index (χ1) is 17.8. The summed E-state index contributed by atoms with van der Waals surface area (Å²) in [6.07, 6.45) is 10.9. The van der Waals surface area contributed by atoms with Gasteiger partial charge in [0.2, 0.25) is 5.91 Å². The van der Waals surface area contributed by atoms with E-state index in [0.29, 0.717) is 11.3 Å². The van der Waals surface area contributed by atoms with E-state index < -0.39 is 11.9 Å². The fraction of sp³-hybridized carbons (Fsp3) is 0.379. The molecule has 3 aromatic rings. The SMILES string of the molecule is CC(C)(C)c1ccc(N(C(=O)c2cncnc2C#N)C(C(=O)NC2CCCCC2)c2cccnc2)cc1. The molecule has 0 aliphatic heterocycles. The van der Waals surface area contributed by atoms with Crippen LogP contribution in [0, 0.1) is 11.3 Å². The fourth-order valence-corrected chi connectivity index (χ4v) is 4.69. The van der Waals surface area contributed by atoms with Crippen LogP contribution in [0.3, 0.4) is 0 Å². The van der Waals surface area contributed by atoms with Gasteiger partial charge in [-0.25, -0.2) is 9.97 Å². The van der Waals surface area contributed by atoms with Crippen LogP contribution >= 0.6 is 0 Å². The van der Waals surface area contributed by atoms with E-state index in [2.05, 4.69) is 41.0 Å². The monoisotopic (exact) mass is 496 g/mol. The molecule has 1 aliphatic carbocycles. The van der Waals surface area contributed by atoms with Crippen LogP contribution in [0.15, 0.2) is 61.3 Å². The first kappa shape index (κ1) is 26.0. The molecule has 0 radical (unpaired) electrons. The van der Waals surface area contributed by atoms with Crippen molar-refractivity contribution in [3.8, 4) is 6.07 Å². The Morgan fingerprint density at radius 1 is 1.05 bits per heavy atom. The number of aromatic nitrogens is 3. The highest BCUT2D eigenvalue weighted by Crippen LogP contribution is 2.32. The van der Waals surface area contributed by atoms with Gasteiger partial charge in [-0.1, -0.05) is 58.2 Å². The van der Waals surface area contributed by atoms with Gasteiger partial charge in [-0.3, -0.25) is 19.5 Å². The summed E-state index contributed by atoms with van der Waals surface area (Å²) in [6.45, 7) is 6.34. The van der Waals surface area contributed by atoms with Crippen molar-refractivity contribution in [1.29, 1.82) is 5.26 Å². The lowest BCUT2D eigenvalue weighted by molar-refractivity contribution is -0.123. The molecule has 190 valence electrons. The van der Waals surface area contributed by atoms with Crippen LogP contribution < -0.4 is 10.2 Å². The zero-order valence-electron chi connectivity index (χ0n) is 21.5. The quantitative estimate of drug-likeness (QED) is 0.521. The molecule has 8 heteroatoms. The smallest absolute Gasteiger partial charge is 0.263 e. The first-order valence-corrected chi connectivity index (χ1v) is 12.6. The Hall–Kier alpha value is -4.12.